The summed E-state index contributed by atoms with van der Waals surface area (Å²) in [7, 11) is -2.78. The summed E-state index contributed by atoms with van der Waals surface area (Å²) >= 11 is 0. The third kappa shape index (κ3) is 9.12. The molecule has 17 heteroatoms. The van der Waals surface area contributed by atoms with Crippen LogP contribution in [-0.4, -0.2) is 95.1 Å². The Labute approximate surface area is 373 Å². The lowest BCUT2D eigenvalue weighted by Gasteiger charge is -2.36. The Balaban J connectivity index is 1.22. The molecule has 64 heavy (non-hydrogen) atoms. The second-order valence-corrected chi connectivity index (χ2v) is 21.2. The number of aromatic nitrogens is 2. The van der Waals surface area contributed by atoms with E-state index in [1.807, 2.05) is 30.3 Å². The van der Waals surface area contributed by atoms with Crippen LogP contribution in [0.1, 0.15) is 78.7 Å². The van der Waals surface area contributed by atoms with Crippen molar-refractivity contribution >= 4 is 50.3 Å². The maximum atomic E-state index is 14.9. The third-order valence-corrected chi connectivity index (χ3v) is 14.3. The normalized spacial score (nSPS) is 21.9. The third-order valence-electron chi connectivity index (χ3n) is 12.1. The quantitative estimate of drug-likeness (QED) is 0.0861. The predicted molar refractivity (Wildman–Crippen MR) is 238 cm³/mol. The van der Waals surface area contributed by atoms with Crippen LogP contribution in [0.25, 0.3) is 22.2 Å². The van der Waals surface area contributed by atoms with Crippen LogP contribution in [-0.2, 0) is 35.6 Å². The highest BCUT2D eigenvalue weighted by Crippen LogP contribution is 2.56. The van der Waals surface area contributed by atoms with Crippen molar-refractivity contribution in [1.82, 2.24) is 25.1 Å². The number of aryl methyl sites for hydroxylation is 1. The van der Waals surface area contributed by atoms with Gasteiger partial charge in [0, 0.05) is 42.0 Å². The lowest BCUT2D eigenvalue weighted by Crippen LogP contribution is -2.58. The Bertz CT molecular complexity index is 2630. The van der Waals surface area contributed by atoms with E-state index in [1.54, 1.807) is 85.9 Å². The molecule has 2 saturated carbocycles. The number of amides is 3. The lowest BCUT2D eigenvalue weighted by atomic mass is 9.85. The number of Topliss-reactive ketones (excluding diaryl/α,β-unsaturated/α-hetero) is 1. The van der Waals surface area contributed by atoms with E-state index in [1.165, 1.54) is 11.0 Å². The van der Waals surface area contributed by atoms with E-state index in [0.717, 1.165) is 5.56 Å². The standard InChI is InChI=1S/C47H56N6O10S/c1-10-29-24-47(29,42(56)52-64(58,59)46(18-19-46)25-30-20-27(2)63-51-30)39(48)38(54)36-22-32(26-53(36)41(55)40(44(3,4)5)50-43(57)62-45(6,7)8)61-37-23-34(28-14-12-11-13-15-28)49-35-21-31(60-9)16-17-33(35)37/h10-17,20-21,23,29,32,36,40,48H,1,18-19,22,24-26H2,2-9H3,(H,50,57)(H,52,56)/t29-,32?,36?,40-,47+/m1/s1. The van der Waals surface area contributed by atoms with Gasteiger partial charge in [0.1, 0.15) is 46.5 Å². The predicted octanol–water partition coefficient (Wildman–Crippen LogP) is 6.50. The van der Waals surface area contributed by atoms with E-state index in [9.17, 15) is 33.0 Å². The van der Waals surface area contributed by atoms with Crippen LogP contribution >= 0.6 is 0 Å². The molecular formula is C47H56N6O10S. The molecule has 3 aliphatic rings. The largest absolute Gasteiger partial charge is 0.497 e. The Morgan fingerprint density at radius 3 is 2.33 bits per heavy atom. The number of allylic oxidation sites excluding steroid dienone is 1. The zero-order valence-corrected chi connectivity index (χ0v) is 38.3. The van der Waals surface area contributed by atoms with E-state index in [0.29, 0.717) is 39.6 Å². The molecule has 0 bridgehead atoms. The summed E-state index contributed by atoms with van der Waals surface area (Å²) in [6, 6.07) is 15.7. The Morgan fingerprint density at radius 1 is 1.05 bits per heavy atom. The van der Waals surface area contributed by atoms with Crippen LogP contribution in [0.2, 0.25) is 0 Å². The van der Waals surface area contributed by atoms with E-state index in [4.69, 9.17) is 23.7 Å². The lowest BCUT2D eigenvalue weighted by molar-refractivity contribution is -0.140. The van der Waals surface area contributed by atoms with Crippen LogP contribution in [0, 0.1) is 29.1 Å². The SMILES string of the molecule is C=C[C@@H]1C[C@]1(C(=N)C(=O)C1CC(Oc2cc(-c3ccccc3)nc3cc(OC)ccc23)CN1C(=O)[C@@H](NC(=O)OC(C)(C)C)C(C)(C)C)C(=O)NS(=O)(=O)C1(Cc2cc(C)on2)CC1. The highest BCUT2D eigenvalue weighted by Gasteiger charge is 2.66. The Morgan fingerprint density at radius 2 is 1.75 bits per heavy atom. The number of alkyl carbamates (subject to hydrolysis) is 1. The van der Waals surface area contributed by atoms with E-state index in [-0.39, 0.29) is 38.6 Å². The van der Waals surface area contributed by atoms with Crippen LogP contribution < -0.4 is 19.5 Å². The molecule has 16 nitrogen and oxygen atoms in total. The maximum absolute atomic E-state index is 14.9. The molecule has 2 aliphatic carbocycles. The van der Waals surface area contributed by atoms with E-state index < -0.39 is 84.7 Å². The number of benzene rings is 2. The fourth-order valence-electron chi connectivity index (χ4n) is 8.41. The van der Waals surface area contributed by atoms with Gasteiger partial charge in [0.05, 0.1) is 41.0 Å². The van der Waals surface area contributed by atoms with Crippen LogP contribution in [0.15, 0.2) is 77.8 Å². The zero-order chi connectivity index (χ0) is 46.6. The van der Waals surface area contributed by atoms with Gasteiger partial charge in [-0.25, -0.2) is 18.2 Å². The summed E-state index contributed by atoms with van der Waals surface area (Å²) < 4.78 is 51.6. The number of sulfonamides is 1. The summed E-state index contributed by atoms with van der Waals surface area (Å²) in [6.07, 6.45) is 0.165. The number of likely N-dealkylation sites (tertiary alicyclic amines) is 1. The molecule has 4 aromatic rings. The van der Waals surface area contributed by atoms with Gasteiger partial charge in [-0.3, -0.25) is 19.1 Å². The summed E-state index contributed by atoms with van der Waals surface area (Å²) in [4.78, 5) is 63.5. The van der Waals surface area contributed by atoms with Gasteiger partial charge in [0.2, 0.25) is 21.8 Å². The minimum atomic E-state index is -4.33. The van der Waals surface area contributed by atoms with Gasteiger partial charge in [0.15, 0.2) is 5.78 Å². The number of fused-ring (bicyclic) bond motifs is 1. The second kappa shape index (κ2) is 16.8. The number of rotatable bonds is 15. The molecule has 3 heterocycles. The van der Waals surface area contributed by atoms with Gasteiger partial charge in [-0.1, -0.05) is 62.3 Å². The van der Waals surface area contributed by atoms with Crippen molar-refractivity contribution in [2.24, 2.45) is 16.7 Å². The topological polar surface area (TPSA) is 220 Å². The van der Waals surface area contributed by atoms with Crippen molar-refractivity contribution in [1.29, 1.82) is 5.41 Å². The van der Waals surface area contributed by atoms with Gasteiger partial charge in [0.25, 0.3) is 0 Å². The van der Waals surface area contributed by atoms with Crippen LogP contribution in [0.4, 0.5) is 4.79 Å². The molecule has 1 aliphatic heterocycles. The van der Waals surface area contributed by atoms with Gasteiger partial charge in [-0.05, 0) is 70.4 Å². The van der Waals surface area contributed by atoms with Gasteiger partial charge >= 0.3 is 6.09 Å². The van der Waals surface area contributed by atoms with Crippen molar-refractivity contribution in [2.45, 2.75) is 109 Å². The van der Waals surface area contributed by atoms with Crippen LogP contribution in [0.5, 0.6) is 11.5 Å². The average Bonchev–Trinajstić information content (AvgIpc) is 4.10. The van der Waals surface area contributed by atoms with Gasteiger partial charge in [-0.2, -0.15) is 0 Å². The molecule has 3 fully saturated rings. The first kappa shape index (κ1) is 45.9. The Hall–Kier alpha value is -6.10. The molecule has 0 radical (unpaired) electrons. The number of nitrogens with one attached hydrogen (secondary N) is 3. The molecule has 2 unspecified atom stereocenters. The molecule has 340 valence electrons. The first-order chi connectivity index (χ1) is 30.0. The number of methoxy groups -OCH3 is 1. The Kier molecular flexibility index (Phi) is 12.0. The summed E-state index contributed by atoms with van der Waals surface area (Å²) in [6.45, 7) is 15.7. The number of pyridine rings is 1. The zero-order valence-electron chi connectivity index (χ0n) is 37.4. The molecule has 3 N–H and O–H groups in total. The molecule has 7 rings (SSSR count). The number of ketones is 1. The molecule has 1 saturated heterocycles. The molecule has 0 spiro atoms. The average molecular weight is 897 g/mol. The highest BCUT2D eigenvalue weighted by molar-refractivity contribution is 7.91. The molecular weight excluding hydrogens is 841 g/mol. The van der Waals surface area contributed by atoms with Crippen molar-refractivity contribution in [3.05, 3.63) is 84.8 Å². The molecule has 2 aromatic heterocycles. The fraction of sp³-hybridized carbons (Fsp3) is 0.468. The smallest absolute Gasteiger partial charge is 0.408 e. The van der Waals surface area contributed by atoms with Crippen molar-refractivity contribution in [2.75, 3.05) is 13.7 Å². The molecule has 3 amide bonds. The number of carbonyl (C=O) groups excluding carboxylic acids is 4. The second-order valence-electron chi connectivity index (χ2n) is 19.2. The van der Waals surface area contributed by atoms with Crippen LogP contribution in [0.3, 0.4) is 0 Å². The molecule has 5 atom stereocenters. The van der Waals surface area contributed by atoms with Gasteiger partial charge < -0.3 is 34.4 Å². The maximum Gasteiger partial charge on any atom is 0.408 e. The minimum Gasteiger partial charge on any atom is -0.497 e. The molecule has 2 aromatic carbocycles. The number of hydrogen-bond acceptors (Lipinski definition) is 13. The first-order valence-electron chi connectivity index (χ1n) is 21.3. The number of carbonyl (C=O) groups is 4. The minimum absolute atomic E-state index is 0.0151. The number of ether oxygens (including phenoxy) is 3. The van der Waals surface area contributed by atoms with Crippen molar-refractivity contribution < 1.29 is 46.3 Å². The summed E-state index contributed by atoms with van der Waals surface area (Å²) in [5.41, 5.74) is -1.90. The van der Waals surface area contributed by atoms with E-state index >= 15 is 0 Å². The van der Waals surface area contributed by atoms with Crippen molar-refractivity contribution in [3.63, 3.8) is 0 Å². The van der Waals surface area contributed by atoms with E-state index in [2.05, 4.69) is 21.8 Å². The van der Waals surface area contributed by atoms with Gasteiger partial charge in [-0.15, -0.1) is 6.58 Å². The first-order valence-corrected chi connectivity index (χ1v) is 22.7. The van der Waals surface area contributed by atoms with Crippen molar-refractivity contribution in [3.8, 4) is 22.8 Å². The number of hydrogen-bond donors (Lipinski definition) is 3. The monoisotopic (exact) mass is 896 g/mol. The number of nitrogens with zero attached hydrogens (tertiary/aromatic N) is 3. The fourth-order valence-corrected chi connectivity index (χ4v) is 10.0. The summed E-state index contributed by atoms with van der Waals surface area (Å²) in [5.74, 6) is -1.76. The highest BCUT2D eigenvalue weighted by atomic mass is 32.2. The summed E-state index contributed by atoms with van der Waals surface area (Å²) in [5, 5.41) is 16.7.